The molecule has 3 N–H and O–H groups in total. The number of nitrogens with zero attached hydrogens (tertiary/aromatic N) is 1. The molecule has 1 aromatic carbocycles. The van der Waals surface area contributed by atoms with Gasteiger partial charge in [-0.3, -0.25) is 4.79 Å². The Balaban J connectivity index is 2.42. The SMILES string of the molecule is CCC(C(=O)O)C(NC)c1ccc2nc(C)[nH]c2c1. The van der Waals surface area contributed by atoms with E-state index < -0.39 is 11.9 Å². The molecule has 0 saturated carbocycles. The molecule has 0 amide bonds. The van der Waals surface area contributed by atoms with Crippen molar-refractivity contribution >= 4 is 17.0 Å². The van der Waals surface area contributed by atoms with Gasteiger partial charge in [0.2, 0.25) is 0 Å². The van der Waals surface area contributed by atoms with Crippen molar-refractivity contribution < 1.29 is 9.90 Å². The van der Waals surface area contributed by atoms with Crippen LogP contribution in [0, 0.1) is 12.8 Å². The van der Waals surface area contributed by atoms with Gasteiger partial charge in [-0.2, -0.15) is 0 Å². The van der Waals surface area contributed by atoms with Crippen LogP contribution in [0.25, 0.3) is 11.0 Å². The highest BCUT2D eigenvalue weighted by Crippen LogP contribution is 2.27. The van der Waals surface area contributed by atoms with Crippen LogP contribution in [0.4, 0.5) is 0 Å². The molecule has 1 heterocycles. The fourth-order valence-corrected chi connectivity index (χ4v) is 2.50. The Bertz CT molecular complexity index is 591. The minimum absolute atomic E-state index is 0.199. The predicted molar refractivity (Wildman–Crippen MR) is 74.0 cm³/mol. The molecule has 2 unspecified atom stereocenters. The van der Waals surface area contributed by atoms with Crippen molar-refractivity contribution in [3.63, 3.8) is 0 Å². The van der Waals surface area contributed by atoms with Gasteiger partial charge in [-0.05, 0) is 38.1 Å². The zero-order valence-corrected chi connectivity index (χ0v) is 11.4. The van der Waals surface area contributed by atoms with Crippen LogP contribution in [0.15, 0.2) is 18.2 Å². The molecule has 2 atom stereocenters. The maximum Gasteiger partial charge on any atom is 0.308 e. The van der Waals surface area contributed by atoms with Crippen molar-refractivity contribution in [1.29, 1.82) is 0 Å². The highest BCUT2D eigenvalue weighted by atomic mass is 16.4. The molecule has 0 aliphatic heterocycles. The number of aromatic nitrogens is 2. The number of benzene rings is 1. The summed E-state index contributed by atoms with van der Waals surface area (Å²) in [5, 5.41) is 12.4. The molecule has 0 aliphatic rings. The quantitative estimate of drug-likeness (QED) is 0.771. The van der Waals surface area contributed by atoms with Gasteiger partial charge >= 0.3 is 5.97 Å². The molecule has 0 spiro atoms. The Labute approximate surface area is 112 Å². The summed E-state index contributed by atoms with van der Waals surface area (Å²) in [6.07, 6.45) is 0.584. The van der Waals surface area contributed by atoms with Crippen LogP contribution in [0.5, 0.6) is 0 Å². The average molecular weight is 261 g/mol. The van der Waals surface area contributed by atoms with E-state index in [1.54, 1.807) is 7.05 Å². The van der Waals surface area contributed by atoms with Gasteiger partial charge in [-0.1, -0.05) is 13.0 Å². The molecule has 0 saturated heterocycles. The molecule has 0 bridgehead atoms. The number of carboxylic acid groups (broad SMARTS) is 1. The van der Waals surface area contributed by atoms with Crippen LogP contribution >= 0.6 is 0 Å². The third kappa shape index (κ3) is 2.61. The molecule has 0 fully saturated rings. The van der Waals surface area contributed by atoms with Crippen LogP contribution in [0.1, 0.15) is 30.8 Å². The van der Waals surface area contributed by atoms with Gasteiger partial charge in [0, 0.05) is 6.04 Å². The number of aliphatic carboxylic acids is 1. The highest BCUT2D eigenvalue weighted by Gasteiger charge is 2.26. The van der Waals surface area contributed by atoms with Crippen molar-refractivity contribution in [1.82, 2.24) is 15.3 Å². The first kappa shape index (κ1) is 13.5. The van der Waals surface area contributed by atoms with Gasteiger partial charge in [0.1, 0.15) is 5.82 Å². The molecule has 0 aliphatic carbocycles. The van der Waals surface area contributed by atoms with Gasteiger partial charge < -0.3 is 15.4 Å². The summed E-state index contributed by atoms with van der Waals surface area (Å²) in [6.45, 7) is 3.79. The third-order valence-corrected chi connectivity index (χ3v) is 3.45. The Kier molecular flexibility index (Phi) is 3.85. The Morgan fingerprint density at radius 2 is 2.26 bits per heavy atom. The van der Waals surface area contributed by atoms with Crippen molar-refractivity contribution in [3.05, 3.63) is 29.6 Å². The van der Waals surface area contributed by atoms with E-state index in [-0.39, 0.29) is 6.04 Å². The number of imidazole rings is 1. The van der Waals surface area contributed by atoms with Crippen LogP contribution < -0.4 is 5.32 Å². The van der Waals surface area contributed by atoms with Crippen LogP contribution in [0.3, 0.4) is 0 Å². The second-order valence-corrected chi connectivity index (χ2v) is 4.72. The van der Waals surface area contributed by atoms with Crippen molar-refractivity contribution in [3.8, 4) is 0 Å². The first-order valence-corrected chi connectivity index (χ1v) is 6.43. The number of nitrogens with one attached hydrogen (secondary N) is 2. The minimum atomic E-state index is -0.775. The van der Waals surface area contributed by atoms with Crippen LogP contribution in [-0.2, 0) is 4.79 Å². The average Bonchev–Trinajstić information content (AvgIpc) is 2.74. The summed E-state index contributed by atoms with van der Waals surface area (Å²) in [5.41, 5.74) is 2.81. The minimum Gasteiger partial charge on any atom is -0.481 e. The molecular formula is C14H19N3O2. The monoisotopic (exact) mass is 261 g/mol. The fraction of sp³-hybridized carbons (Fsp3) is 0.429. The Morgan fingerprint density at radius 1 is 1.53 bits per heavy atom. The van der Waals surface area contributed by atoms with E-state index in [1.807, 2.05) is 32.0 Å². The van der Waals surface area contributed by atoms with Gasteiger partial charge in [0.05, 0.1) is 17.0 Å². The predicted octanol–water partition coefficient (Wildman–Crippen LogP) is 2.24. The first-order chi connectivity index (χ1) is 9.06. The molecule has 1 aromatic heterocycles. The number of fused-ring (bicyclic) bond motifs is 1. The lowest BCUT2D eigenvalue weighted by Crippen LogP contribution is -2.30. The summed E-state index contributed by atoms with van der Waals surface area (Å²) in [5.74, 6) is -0.354. The Morgan fingerprint density at radius 3 is 2.84 bits per heavy atom. The van der Waals surface area contributed by atoms with E-state index in [9.17, 15) is 9.90 Å². The molecule has 2 aromatic rings. The molecule has 102 valence electrons. The second-order valence-electron chi connectivity index (χ2n) is 4.72. The maximum atomic E-state index is 11.3. The molecule has 0 radical (unpaired) electrons. The number of carbonyl (C=O) groups is 1. The van der Waals surface area contributed by atoms with Crippen LogP contribution in [-0.4, -0.2) is 28.1 Å². The first-order valence-electron chi connectivity index (χ1n) is 6.43. The van der Waals surface area contributed by atoms with Crippen molar-refractivity contribution in [2.75, 3.05) is 7.05 Å². The Hall–Kier alpha value is -1.88. The standard InChI is InChI=1S/C14H19N3O2/c1-4-10(14(18)19)13(15-3)9-5-6-11-12(7-9)17-8(2)16-11/h5-7,10,13,15H,4H2,1-3H3,(H,16,17)(H,18,19). The zero-order chi connectivity index (χ0) is 14.0. The number of hydrogen-bond donors (Lipinski definition) is 3. The zero-order valence-electron chi connectivity index (χ0n) is 11.4. The molecule has 5 heteroatoms. The number of aryl methyl sites for hydroxylation is 1. The summed E-state index contributed by atoms with van der Waals surface area (Å²) in [7, 11) is 1.79. The van der Waals surface area contributed by atoms with Gasteiger partial charge in [0.25, 0.3) is 0 Å². The van der Waals surface area contributed by atoms with Gasteiger partial charge in [-0.15, -0.1) is 0 Å². The lowest BCUT2D eigenvalue weighted by molar-refractivity contribution is -0.143. The third-order valence-electron chi connectivity index (χ3n) is 3.45. The smallest absolute Gasteiger partial charge is 0.308 e. The normalized spacial score (nSPS) is 14.5. The van der Waals surface area contributed by atoms with E-state index >= 15 is 0 Å². The van der Waals surface area contributed by atoms with Crippen molar-refractivity contribution in [2.45, 2.75) is 26.3 Å². The number of aromatic amines is 1. The summed E-state index contributed by atoms with van der Waals surface area (Å²) < 4.78 is 0. The molecular weight excluding hydrogens is 242 g/mol. The lowest BCUT2D eigenvalue weighted by Gasteiger charge is -2.23. The number of H-pyrrole nitrogens is 1. The summed E-state index contributed by atoms with van der Waals surface area (Å²) >= 11 is 0. The molecule has 19 heavy (non-hydrogen) atoms. The van der Waals surface area contributed by atoms with E-state index in [4.69, 9.17) is 0 Å². The number of hydrogen-bond acceptors (Lipinski definition) is 3. The van der Waals surface area contributed by atoms with E-state index in [0.29, 0.717) is 6.42 Å². The van der Waals surface area contributed by atoms with Crippen molar-refractivity contribution in [2.24, 2.45) is 5.92 Å². The summed E-state index contributed by atoms with van der Waals surface area (Å²) in [6, 6.07) is 5.64. The van der Waals surface area contributed by atoms with E-state index in [0.717, 1.165) is 22.4 Å². The second kappa shape index (κ2) is 5.40. The van der Waals surface area contributed by atoms with E-state index in [1.165, 1.54) is 0 Å². The maximum absolute atomic E-state index is 11.3. The highest BCUT2D eigenvalue weighted by molar-refractivity contribution is 5.77. The van der Waals surface area contributed by atoms with Gasteiger partial charge in [-0.25, -0.2) is 4.98 Å². The lowest BCUT2D eigenvalue weighted by atomic mass is 9.91. The summed E-state index contributed by atoms with van der Waals surface area (Å²) in [4.78, 5) is 18.8. The number of rotatable bonds is 5. The van der Waals surface area contributed by atoms with Crippen LogP contribution in [0.2, 0.25) is 0 Å². The van der Waals surface area contributed by atoms with E-state index in [2.05, 4.69) is 15.3 Å². The topological polar surface area (TPSA) is 78.0 Å². The molecule has 2 rings (SSSR count). The largest absolute Gasteiger partial charge is 0.481 e. The fourth-order valence-electron chi connectivity index (χ4n) is 2.50. The molecule has 5 nitrogen and oxygen atoms in total. The number of carboxylic acids is 1. The van der Waals surface area contributed by atoms with Gasteiger partial charge in [0.15, 0.2) is 0 Å².